The summed E-state index contributed by atoms with van der Waals surface area (Å²) in [6.07, 6.45) is 0. The van der Waals surface area contributed by atoms with Crippen molar-refractivity contribution in [2.45, 2.75) is 6.92 Å². The van der Waals surface area contributed by atoms with Crippen LogP contribution < -0.4 is 10.6 Å². The van der Waals surface area contributed by atoms with Crippen molar-refractivity contribution in [3.8, 4) is 0 Å². The molecule has 0 radical (unpaired) electrons. The molecule has 2 aromatic heterocycles. The van der Waals surface area contributed by atoms with Gasteiger partial charge in [0.15, 0.2) is 11.3 Å². The Hall–Kier alpha value is -1.85. The standard InChI is InChI=1S/C9H14N6/c1-5-11-6-7(9(12-5)14(2)3)13-15(4)8(6)10/h10H2,1-4H3. The SMILES string of the molecule is Cc1nc(N(C)C)c2nn(C)c(N)c2n1. The minimum Gasteiger partial charge on any atom is -0.382 e. The molecule has 0 unspecified atom stereocenters. The number of nitrogens with two attached hydrogens (primary N) is 1. The average molecular weight is 206 g/mol. The Morgan fingerprint density at radius 1 is 1.20 bits per heavy atom. The molecule has 0 aliphatic rings. The van der Waals surface area contributed by atoms with Crippen molar-refractivity contribution in [3.63, 3.8) is 0 Å². The average Bonchev–Trinajstić information content (AvgIpc) is 2.43. The highest BCUT2D eigenvalue weighted by Crippen LogP contribution is 2.24. The molecule has 0 aliphatic carbocycles. The fourth-order valence-corrected chi connectivity index (χ4v) is 1.49. The third-order valence-electron chi connectivity index (χ3n) is 2.24. The van der Waals surface area contributed by atoms with Crippen LogP contribution in [0, 0.1) is 6.92 Å². The second-order valence-electron chi connectivity index (χ2n) is 3.69. The van der Waals surface area contributed by atoms with Gasteiger partial charge in [-0.1, -0.05) is 0 Å². The number of hydrogen-bond donors (Lipinski definition) is 1. The van der Waals surface area contributed by atoms with Gasteiger partial charge in [-0.3, -0.25) is 4.68 Å². The van der Waals surface area contributed by atoms with E-state index in [0.29, 0.717) is 17.2 Å². The summed E-state index contributed by atoms with van der Waals surface area (Å²) < 4.78 is 1.62. The van der Waals surface area contributed by atoms with Crippen molar-refractivity contribution in [2.75, 3.05) is 24.7 Å². The highest BCUT2D eigenvalue weighted by molar-refractivity contribution is 5.92. The molecular weight excluding hydrogens is 192 g/mol. The molecular formula is C9H14N6. The first-order chi connectivity index (χ1) is 7.00. The molecule has 0 bridgehead atoms. The minimum absolute atomic E-state index is 0.568. The van der Waals surface area contributed by atoms with Gasteiger partial charge in [0.05, 0.1) is 0 Å². The molecule has 0 saturated heterocycles. The number of anilines is 2. The molecule has 0 aliphatic heterocycles. The number of hydrogen-bond acceptors (Lipinski definition) is 5. The van der Waals surface area contributed by atoms with Crippen LogP contribution in [-0.2, 0) is 7.05 Å². The number of aromatic nitrogens is 4. The second-order valence-corrected chi connectivity index (χ2v) is 3.69. The van der Waals surface area contributed by atoms with Crippen LogP contribution in [0.3, 0.4) is 0 Å². The Morgan fingerprint density at radius 3 is 2.47 bits per heavy atom. The van der Waals surface area contributed by atoms with Crippen LogP contribution in [0.15, 0.2) is 0 Å². The normalized spacial score (nSPS) is 10.9. The third-order valence-corrected chi connectivity index (χ3v) is 2.24. The molecule has 0 aromatic carbocycles. The second kappa shape index (κ2) is 3.08. The first-order valence-corrected chi connectivity index (χ1v) is 4.65. The maximum atomic E-state index is 5.87. The summed E-state index contributed by atoms with van der Waals surface area (Å²) in [5.41, 5.74) is 7.33. The summed E-state index contributed by atoms with van der Waals surface area (Å²) in [4.78, 5) is 10.5. The fourth-order valence-electron chi connectivity index (χ4n) is 1.49. The highest BCUT2D eigenvalue weighted by Gasteiger charge is 2.14. The van der Waals surface area contributed by atoms with Crippen molar-refractivity contribution in [1.82, 2.24) is 19.7 Å². The van der Waals surface area contributed by atoms with Crippen LogP contribution in [0.4, 0.5) is 11.6 Å². The molecule has 0 saturated carbocycles. The van der Waals surface area contributed by atoms with E-state index in [4.69, 9.17) is 5.73 Å². The largest absolute Gasteiger partial charge is 0.382 e. The van der Waals surface area contributed by atoms with E-state index in [9.17, 15) is 0 Å². The van der Waals surface area contributed by atoms with Gasteiger partial charge in [0.2, 0.25) is 0 Å². The van der Waals surface area contributed by atoms with Gasteiger partial charge in [0, 0.05) is 21.1 Å². The van der Waals surface area contributed by atoms with Crippen molar-refractivity contribution >= 4 is 22.7 Å². The molecule has 0 fully saturated rings. The fraction of sp³-hybridized carbons (Fsp3) is 0.444. The Bertz CT molecular complexity index is 513. The zero-order chi connectivity index (χ0) is 11.2. The van der Waals surface area contributed by atoms with Gasteiger partial charge in [0.1, 0.15) is 17.2 Å². The number of fused-ring (bicyclic) bond motifs is 1. The summed E-state index contributed by atoms with van der Waals surface area (Å²) in [5.74, 6) is 2.06. The number of nitrogens with zero attached hydrogens (tertiary/aromatic N) is 5. The Labute approximate surface area is 87.7 Å². The molecule has 2 heterocycles. The lowest BCUT2D eigenvalue weighted by Gasteiger charge is -2.11. The molecule has 2 N–H and O–H groups in total. The van der Waals surface area contributed by atoms with E-state index in [0.717, 1.165) is 11.3 Å². The van der Waals surface area contributed by atoms with Gasteiger partial charge in [-0.05, 0) is 6.92 Å². The highest BCUT2D eigenvalue weighted by atomic mass is 15.3. The molecule has 6 nitrogen and oxygen atoms in total. The Kier molecular flexibility index (Phi) is 1.99. The Morgan fingerprint density at radius 2 is 1.87 bits per heavy atom. The summed E-state index contributed by atoms with van der Waals surface area (Å²) >= 11 is 0. The van der Waals surface area contributed by atoms with E-state index < -0.39 is 0 Å². The molecule has 0 amide bonds. The van der Waals surface area contributed by atoms with Crippen LogP contribution in [0.25, 0.3) is 11.0 Å². The third kappa shape index (κ3) is 1.38. The molecule has 2 aromatic rings. The molecule has 0 atom stereocenters. The van der Waals surface area contributed by atoms with Crippen molar-refractivity contribution in [2.24, 2.45) is 7.05 Å². The van der Waals surface area contributed by atoms with Gasteiger partial charge in [-0.25, -0.2) is 9.97 Å². The van der Waals surface area contributed by atoms with Crippen LogP contribution in [0.1, 0.15) is 5.82 Å². The van der Waals surface area contributed by atoms with Crippen molar-refractivity contribution in [3.05, 3.63) is 5.82 Å². The molecule has 15 heavy (non-hydrogen) atoms. The maximum absolute atomic E-state index is 5.87. The topological polar surface area (TPSA) is 72.9 Å². The summed E-state index contributed by atoms with van der Waals surface area (Å²) in [5, 5.41) is 4.30. The maximum Gasteiger partial charge on any atom is 0.160 e. The van der Waals surface area contributed by atoms with Crippen LogP contribution >= 0.6 is 0 Å². The molecule has 80 valence electrons. The number of rotatable bonds is 1. The van der Waals surface area contributed by atoms with E-state index in [-0.39, 0.29) is 0 Å². The van der Waals surface area contributed by atoms with Crippen LogP contribution in [0.5, 0.6) is 0 Å². The predicted molar refractivity (Wildman–Crippen MR) is 59.8 cm³/mol. The van der Waals surface area contributed by atoms with Gasteiger partial charge in [0.25, 0.3) is 0 Å². The van der Waals surface area contributed by atoms with E-state index in [2.05, 4.69) is 15.1 Å². The zero-order valence-electron chi connectivity index (χ0n) is 9.31. The van der Waals surface area contributed by atoms with Gasteiger partial charge in [-0.2, -0.15) is 5.10 Å². The van der Waals surface area contributed by atoms with E-state index in [1.807, 2.05) is 25.9 Å². The Balaban J connectivity index is 2.86. The monoisotopic (exact) mass is 206 g/mol. The summed E-state index contributed by atoms with van der Waals surface area (Å²) in [6.45, 7) is 1.85. The first-order valence-electron chi connectivity index (χ1n) is 4.65. The zero-order valence-corrected chi connectivity index (χ0v) is 9.31. The van der Waals surface area contributed by atoms with Crippen molar-refractivity contribution < 1.29 is 0 Å². The number of nitrogen functional groups attached to an aromatic ring is 1. The number of aryl methyl sites for hydroxylation is 2. The van der Waals surface area contributed by atoms with E-state index >= 15 is 0 Å². The summed E-state index contributed by atoms with van der Waals surface area (Å²) in [7, 11) is 5.64. The van der Waals surface area contributed by atoms with Gasteiger partial charge in [-0.15, -0.1) is 0 Å². The smallest absolute Gasteiger partial charge is 0.160 e. The van der Waals surface area contributed by atoms with E-state index in [1.54, 1.807) is 11.7 Å². The molecule has 6 heteroatoms. The molecule has 0 spiro atoms. The quantitative estimate of drug-likeness (QED) is 0.727. The lowest BCUT2D eigenvalue weighted by Crippen LogP contribution is -2.12. The van der Waals surface area contributed by atoms with Crippen LogP contribution in [0.2, 0.25) is 0 Å². The van der Waals surface area contributed by atoms with Crippen molar-refractivity contribution in [1.29, 1.82) is 0 Å². The molecule has 2 rings (SSSR count). The predicted octanol–water partition coefficient (Wildman–Crippen LogP) is 0.320. The van der Waals surface area contributed by atoms with Gasteiger partial charge >= 0.3 is 0 Å². The van der Waals surface area contributed by atoms with E-state index in [1.165, 1.54) is 0 Å². The van der Waals surface area contributed by atoms with Crippen LogP contribution in [-0.4, -0.2) is 33.8 Å². The minimum atomic E-state index is 0.568. The lowest BCUT2D eigenvalue weighted by molar-refractivity contribution is 0.790. The lowest BCUT2D eigenvalue weighted by atomic mass is 10.4. The summed E-state index contributed by atoms with van der Waals surface area (Å²) in [6, 6.07) is 0. The first kappa shape index (κ1) is 9.70. The van der Waals surface area contributed by atoms with Gasteiger partial charge < -0.3 is 10.6 Å².